The van der Waals surface area contributed by atoms with Crippen molar-refractivity contribution in [3.05, 3.63) is 107 Å². The van der Waals surface area contributed by atoms with Crippen LogP contribution < -0.4 is 11.1 Å². The fourth-order valence-electron chi connectivity index (χ4n) is 6.28. The number of nitrogen functional groups attached to an aromatic ring is 1. The highest BCUT2D eigenvalue weighted by molar-refractivity contribution is 5.87. The smallest absolute Gasteiger partial charge is 0.0383 e. The summed E-state index contributed by atoms with van der Waals surface area (Å²) in [5, 5.41) is 3.46. The summed E-state index contributed by atoms with van der Waals surface area (Å²) < 4.78 is 0. The Bertz CT molecular complexity index is 1580. The van der Waals surface area contributed by atoms with E-state index in [9.17, 15) is 0 Å². The topological polar surface area (TPSA) is 38.0 Å². The van der Waals surface area contributed by atoms with Gasteiger partial charge in [0.25, 0.3) is 0 Å². The van der Waals surface area contributed by atoms with Crippen molar-refractivity contribution in [2.24, 2.45) is 5.92 Å². The van der Waals surface area contributed by atoms with Crippen LogP contribution in [0.3, 0.4) is 0 Å². The molecule has 0 heterocycles. The molecule has 0 aliphatic heterocycles. The number of hydrogen-bond donors (Lipinski definition) is 2. The van der Waals surface area contributed by atoms with Crippen molar-refractivity contribution in [1.82, 2.24) is 0 Å². The van der Waals surface area contributed by atoms with E-state index in [2.05, 4.69) is 126 Å². The molecule has 0 unspecified atom stereocenters. The zero-order chi connectivity index (χ0) is 26.1. The average Bonchev–Trinajstić information content (AvgIpc) is 3.22. The predicted octanol–water partition coefficient (Wildman–Crippen LogP) is 9.13. The van der Waals surface area contributed by atoms with Gasteiger partial charge in [-0.1, -0.05) is 84.0 Å². The highest BCUT2D eigenvalue weighted by Gasteiger charge is 2.37. The minimum Gasteiger partial charge on any atom is -0.399 e. The molecule has 186 valence electrons. The third kappa shape index (κ3) is 3.62. The number of benzene rings is 4. The summed E-state index contributed by atoms with van der Waals surface area (Å²) in [6.07, 6.45) is 4.24. The Morgan fingerprint density at radius 1 is 0.622 bits per heavy atom. The summed E-state index contributed by atoms with van der Waals surface area (Å²) in [7, 11) is 0. The van der Waals surface area contributed by atoms with Gasteiger partial charge in [0, 0.05) is 22.2 Å². The first kappa shape index (κ1) is 23.6. The van der Waals surface area contributed by atoms with Gasteiger partial charge in [0.2, 0.25) is 0 Å². The summed E-state index contributed by atoms with van der Waals surface area (Å²) in [4.78, 5) is 0. The van der Waals surface area contributed by atoms with Crippen LogP contribution in [0.1, 0.15) is 63.8 Å². The molecular weight excluding hydrogens is 448 g/mol. The number of rotatable bonds is 4. The Morgan fingerprint density at radius 3 is 1.62 bits per heavy atom. The lowest BCUT2D eigenvalue weighted by molar-refractivity contribution is 0.660. The minimum absolute atomic E-state index is 0.0656. The van der Waals surface area contributed by atoms with Crippen LogP contribution in [0.4, 0.5) is 11.4 Å². The van der Waals surface area contributed by atoms with Crippen LogP contribution in [-0.2, 0) is 10.8 Å². The summed E-state index contributed by atoms with van der Waals surface area (Å²) >= 11 is 0. The molecule has 0 atom stereocenters. The normalized spacial score (nSPS) is 16.0. The van der Waals surface area contributed by atoms with Gasteiger partial charge in [0.15, 0.2) is 0 Å². The summed E-state index contributed by atoms with van der Waals surface area (Å²) in [6.45, 7) is 13.7. The summed E-state index contributed by atoms with van der Waals surface area (Å²) in [5.74, 6) is 0.526. The second-order valence-electron chi connectivity index (χ2n) is 12.1. The molecule has 0 saturated carbocycles. The molecule has 37 heavy (non-hydrogen) atoms. The first-order valence-corrected chi connectivity index (χ1v) is 13.4. The van der Waals surface area contributed by atoms with Crippen molar-refractivity contribution in [3.63, 3.8) is 0 Å². The maximum absolute atomic E-state index is 6.16. The van der Waals surface area contributed by atoms with Crippen LogP contribution in [0.5, 0.6) is 0 Å². The van der Waals surface area contributed by atoms with E-state index in [1.54, 1.807) is 0 Å². The number of fused-ring (bicyclic) bond motifs is 6. The highest BCUT2D eigenvalue weighted by atomic mass is 14.8. The third-order valence-electron chi connectivity index (χ3n) is 8.44. The molecule has 0 amide bonds. The van der Waals surface area contributed by atoms with Gasteiger partial charge in [0.05, 0.1) is 0 Å². The van der Waals surface area contributed by atoms with Crippen molar-refractivity contribution < 1.29 is 0 Å². The van der Waals surface area contributed by atoms with Gasteiger partial charge in [-0.05, 0) is 104 Å². The van der Waals surface area contributed by atoms with Gasteiger partial charge in [-0.25, -0.2) is 0 Å². The Kier molecular flexibility index (Phi) is 5.18. The maximum atomic E-state index is 6.16. The van der Waals surface area contributed by atoms with Crippen LogP contribution in [0.25, 0.3) is 33.4 Å². The van der Waals surface area contributed by atoms with Crippen molar-refractivity contribution in [1.29, 1.82) is 0 Å². The van der Waals surface area contributed by atoms with Gasteiger partial charge in [-0.2, -0.15) is 0 Å². The molecule has 3 N–H and O–H groups in total. The number of nitrogens with two attached hydrogens (primary N) is 1. The molecular formula is C35H36N2. The average molecular weight is 485 g/mol. The van der Waals surface area contributed by atoms with E-state index in [-0.39, 0.29) is 10.8 Å². The molecule has 6 rings (SSSR count). The van der Waals surface area contributed by atoms with Gasteiger partial charge in [0.1, 0.15) is 0 Å². The van der Waals surface area contributed by atoms with Crippen LogP contribution in [-0.4, -0.2) is 0 Å². The Hall–Kier alpha value is -3.78. The van der Waals surface area contributed by atoms with Crippen molar-refractivity contribution in [2.45, 2.75) is 52.4 Å². The first-order chi connectivity index (χ1) is 17.6. The van der Waals surface area contributed by atoms with Crippen LogP contribution in [0.15, 0.2) is 85.1 Å². The molecule has 0 saturated heterocycles. The quantitative estimate of drug-likeness (QED) is 0.283. The monoisotopic (exact) mass is 484 g/mol. The van der Waals surface area contributed by atoms with Crippen LogP contribution >= 0.6 is 0 Å². The van der Waals surface area contributed by atoms with E-state index in [0.717, 1.165) is 11.4 Å². The maximum Gasteiger partial charge on any atom is 0.0383 e. The molecule has 4 aromatic carbocycles. The fourth-order valence-corrected chi connectivity index (χ4v) is 6.28. The second kappa shape index (κ2) is 8.11. The lowest BCUT2D eigenvalue weighted by Crippen LogP contribution is -2.16. The third-order valence-corrected chi connectivity index (χ3v) is 8.44. The molecule has 4 aromatic rings. The van der Waals surface area contributed by atoms with Gasteiger partial charge in [-0.15, -0.1) is 0 Å². The van der Waals surface area contributed by atoms with Crippen LogP contribution in [0.2, 0.25) is 0 Å². The first-order valence-electron chi connectivity index (χ1n) is 13.4. The lowest BCUT2D eigenvalue weighted by Gasteiger charge is -2.23. The Morgan fingerprint density at radius 2 is 1.08 bits per heavy atom. The van der Waals surface area contributed by atoms with Crippen molar-refractivity contribution in [3.8, 4) is 33.4 Å². The molecule has 0 radical (unpaired) electrons. The summed E-state index contributed by atoms with van der Waals surface area (Å²) in [5.41, 5.74) is 21.3. The highest BCUT2D eigenvalue weighted by Crippen LogP contribution is 2.52. The Labute approximate surface area is 221 Å². The largest absolute Gasteiger partial charge is 0.399 e. The SMILES string of the molecule is CC(C)/C=C\Nc1ccc2c(c1)C(C)(C)c1cc(-c3ccc4c(c3)C(C)(C)c3cc(N)ccc3-4)ccc1-2. The van der Waals surface area contributed by atoms with E-state index in [4.69, 9.17) is 5.73 Å². The number of allylic oxidation sites excluding steroid dienone is 1. The predicted molar refractivity (Wildman–Crippen MR) is 159 cm³/mol. The van der Waals surface area contributed by atoms with E-state index in [1.165, 1.54) is 55.6 Å². The molecule has 0 aromatic heterocycles. The molecule has 0 fully saturated rings. The molecule has 0 bridgehead atoms. The van der Waals surface area contributed by atoms with E-state index >= 15 is 0 Å². The minimum atomic E-state index is -0.0737. The standard InChI is InChI=1S/C35H36N2/c1-21(2)15-16-37-25-10-14-29-27-12-8-23(18-31(27)35(5,6)33(29)20-25)22-7-11-26-28-13-9-24(36)19-32(28)34(3,4)30(26)17-22/h7-21,37H,36H2,1-6H3/b16-15-. The number of anilines is 2. The zero-order valence-corrected chi connectivity index (χ0v) is 22.7. The molecule has 2 nitrogen and oxygen atoms in total. The molecule has 2 aliphatic rings. The molecule has 2 heteroatoms. The van der Waals surface area contributed by atoms with Gasteiger partial charge >= 0.3 is 0 Å². The van der Waals surface area contributed by atoms with Gasteiger partial charge < -0.3 is 11.1 Å². The van der Waals surface area contributed by atoms with Crippen LogP contribution in [0, 0.1) is 5.92 Å². The fraction of sp³-hybridized carbons (Fsp3) is 0.257. The van der Waals surface area contributed by atoms with Gasteiger partial charge in [-0.3, -0.25) is 0 Å². The molecule has 0 spiro atoms. The molecule has 2 aliphatic carbocycles. The van der Waals surface area contributed by atoms with E-state index in [1.807, 2.05) is 6.07 Å². The second-order valence-corrected chi connectivity index (χ2v) is 12.1. The van der Waals surface area contributed by atoms with E-state index in [0.29, 0.717) is 5.92 Å². The lowest BCUT2D eigenvalue weighted by atomic mass is 9.80. The summed E-state index contributed by atoms with van der Waals surface area (Å²) in [6, 6.07) is 27.1. The zero-order valence-electron chi connectivity index (χ0n) is 22.7. The van der Waals surface area contributed by atoms with Crippen molar-refractivity contribution >= 4 is 11.4 Å². The Balaban J connectivity index is 1.38. The number of hydrogen-bond acceptors (Lipinski definition) is 2. The van der Waals surface area contributed by atoms with Crippen molar-refractivity contribution in [2.75, 3.05) is 11.1 Å². The van der Waals surface area contributed by atoms with E-state index < -0.39 is 0 Å². The number of nitrogens with one attached hydrogen (secondary N) is 1.